The lowest BCUT2D eigenvalue weighted by molar-refractivity contribution is 0.118. The fourth-order valence-corrected chi connectivity index (χ4v) is 2.13. The van der Waals surface area contributed by atoms with Gasteiger partial charge >= 0.3 is 6.03 Å². The Bertz CT molecular complexity index is 456. The lowest BCUT2D eigenvalue weighted by atomic mass is 10.1. The maximum absolute atomic E-state index is 12.2. The number of nitrogens with one attached hydrogen (secondary N) is 1. The van der Waals surface area contributed by atoms with E-state index in [2.05, 4.69) is 18.3 Å². The number of aryl methyl sites for hydroxylation is 2. The topological polar surface area (TPSA) is 52.6 Å². The zero-order valence-corrected chi connectivity index (χ0v) is 13.1. The number of aliphatic hydroxyl groups is 1. The number of hydrogen-bond donors (Lipinski definition) is 2. The monoisotopic (exact) mass is 278 g/mol. The Kier molecular flexibility index (Phi) is 6.02. The van der Waals surface area contributed by atoms with Gasteiger partial charge in [0.05, 0.1) is 6.10 Å². The molecule has 1 rings (SSSR count). The van der Waals surface area contributed by atoms with Crippen LogP contribution in [0, 0.1) is 13.8 Å². The van der Waals surface area contributed by atoms with Gasteiger partial charge in [0.15, 0.2) is 0 Å². The zero-order chi connectivity index (χ0) is 15.3. The molecule has 0 aromatic heterocycles. The first-order chi connectivity index (χ1) is 9.31. The first kappa shape index (κ1) is 16.5. The summed E-state index contributed by atoms with van der Waals surface area (Å²) in [5, 5.41) is 12.4. The highest BCUT2D eigenvalue weighted by molar-refractivity contribution is 5.74. The molecule has 0 saturated heterocycles. The maximum Gasteiger partial charge on any atom is 0.317 e. The predicted octanol–water partition coefficient (Wildman–Crippen LogP) is 2.60. The molecule has 0 aliphatic carbocycles. The molecule has 1 unspecified atom stereocenters. The fourth-order valence-electron chi connectivity index (χ4n) is 2.13. The quantitative estimate of drug-likeness (QED) is 0.870. The van der Waals surface area contributed by atoms with Gasteiger partial charge in [-0.3, -0.25) is 0 Å². The highest BCUT2D eigenvalue weighted by atomic mass is 16.3. The van der Waals surface area contributed by atoms with Crippen LogP contribution in [-0.4, -0.2) is 34.7 Å². The van der Waals surface area contributed by atoms with Crippen LogP contribution in [0.25, 0.3) is 0 Å². The van der Waals surface area contributed by atoms with Crippen LogP contribution in [0.4, 0.5) is 4.79 Å². The summed E-state index contributed by atoms with van der Waals surface area (Å²) in [6.45, 7) is 10.5. The number of hydrogen-bond acceptors (Lipinski definition) is 2. The molecular formula is C16H26N2O2. The molecule has 0 fully saturated rings. The third-order valence-corrected chi connectivity index (χ3v) is 3.27. The number of amides is 2. The van der Waals surface area contributed by atoms with Crippen LogP contribution < -0.4 is 5.32 Å². The molecule has 1 atom stereocenters. The molecule has 0 radical (unpaired) electrons. The number of carbonyl (C=O) groups excluding carboxylic acids is 1. The van der Waals surface area contributed by atoms with E-state index in [-0.39, 0.29) is 12.1 Å². The van der Waals surface area contributed by atoms with Crippen LogP contribution in [0.3, 0.4) is 0 Å². The van der Waals surface area contributed by atoms with Crippen molar-refractivity contribution in [2.24, 2.45) is 0 Å². The van der Waals surface area contributed by atoms with Crippen molar-refractivity contribution >= 4 is 6.03 Å². The summed E-state index contributed by atoms with van der Waals surface area (Å²) in [7, 11) is 0. The summed E-state index contributed by atoms with van der Waals surface area (Å²) in [6, 6.07) is 6.12. The molecule has 2 amide bonds. The van der Waals surface area contributed by atoms with Crippen molar-refractivity contribution in [1.29, 1.82) is 0 Å². The lowest BCUT2D eigenvalue weighted by Crippen LogP contribution is -2.46. The van der Waals surface area contributed by atoms with Crippen molar-refractivity contribution in [2.45, 2.75) is 53.3 Å². The molecule has 0 aliphatic heterocycles. The molecule has 0 aliphatic rings. The molecule has 1 aromatic carbocycles. The van der Waals surface area contributed by atoms with E-state index in [1.165, 1.54) is 11.1 Å². The SMILES string of the molecule is Cc1ccc(CNC(=O)N(CC(C)O)C(C)C)c(C)c1. The van der Waals surface area contributed by atoms with E-state index < -0.39 is 6.10 Å². The van der Waals surface area contributed by atoms with E-state index in [4.69, 9.17) is 0 Å². The van der Waals surface area contributed by atoms with Crippen LogP contribution in [0.1, 0.15) is 37.5 Å². The van der Waals surface area contributed by atoms with Crippen molar-refractivity contribution in [3.05, 3.63) is 34.9 Å². The third-order valence-electron chi connectivity index (χ3n) is 3.27. The summed E-state index contributed by atoms with van der Waals surface area (Å²) in [5.74, 6) is 0. The van der Waals surface area contributed by atoms with Crippen molar-refractivity contribution in [1.82, 2.24) is 10.2 Å². The second kappa shape index (κ2) is 7.29. The van der Waals surface area contributed by atoms with Gasteiger partial charge in [0.2, 0.25) is 0 Å². The molecule has 1 aromatic rings. The van der Waals surface area contributed by atoms with E-state index in [1.54, 1.807) is 11.8 Å². The second-order valence-electron chi connectivity index (χ2n) is 5.68. The standard InChI is InChI=1S/C16H26N2O2/c1-11(2)18(10-14(5)19)16(20)17-9-15-7-6-12(3)8-13(15)4/h6-8,11,14,19H,9-10H2,1-5H3,(H,17,20). The zero-order valence-electron chi connectivity index (χ0n) is 13.1. The average molecular weight is 278 g/mol. The number of nitrogens with zero attached hydrogens (tertiary/aromatic N) is 1. The highest BCUT2D eigenvalue weighted by Gasteiger charge is 2.18. The highest BCUT2D eigenvalue weighted by Crippen LogP contribution is 2.10. The van der Waals surface area contributed by atoms with Crippen molar-refractivity contribution in [3.63, 3.8) is 0 Å². The lowest BCUT2D eigenvalue weighted by Gasteiger charge is -2.28. The first-order valence-corrected chi connectivity index (χ1v) is 7.10. The number of aliphatic hydroxyl groups excluding tert-OH is 1. The summed E-state index contributed by atoms with van der Waals surface area (Å²) < 4.78 is 0. The van der Waals surface area contributed by atoms with Crippen LogP contribution >= 0.6 is 0 Å². The molecule has 20 heavy (non-hydrogen) atoms. The minimum Gasteiger partial charge on any atom is -0.392 e. The molecule has 0 saturated carbocycles. The molecule has 112 valence electrons. The predicted molar refractivity (Wildman–Crippen MR) is 81.7 cm³/mol. The first-order valence-electron chi connectivity index (χ1n) is 7.10. The Hall–Kier alpha value is -1.55. The molecule has 0 spiro atoms. The van der Waals surface area contributed by atoms with E-state index in [1.807, 2.05) is 32.9 Å². The van der Waals surface area contributed by atoms with Gasteiger partial charge in [-0.2, -0.15) is 0 Å². The molecular weight excluding hydrogens is 252 g/mol. The normalized spacial score (nSPS) is 12.3. The number of rotatable bonds is 5. The van der Waals surface area contributed by atoms with Gasteiger partial charge < -0.3 is 15.3 Å². The van der Waals surface area contributed by atoms with Gasteiger partial charge in [-0.1, -0.05) is 23.8 Å². The van der Waals surface area contributed by atoms with Crippen LogP contribution in [0.15, 0.2) is 18.2 Å². The van der Waals surface area contributed by atoms with E-state index in [0.29, 0.717) is 13.1 Å². The third kappa shape index (κ3) is 4.85. The van der Waals surface area contributed by atoms with Crippen LogP contribution in [0.2, 0.25) is 0 Å². The molecule has 2 N–H and O–H groups in total. The molecule has 0 bridgehead atoms. The van der Waals surface area contributed by atoms with Crippen LogP contribution in [-0.2, 0) is 6.54 Å². The number of carbonyl (C=O) groups is 1. The van der Waals surface area contributed by atoms with E-state index >= 15 is 0 Å². The van der Waals surface area contributed by atoms with Gasteiger partial charge in [0.25, 0.3) is 0 Å². The van der Waals surface area contributed by atoms with Crippen molar-refractivity contribution in [3.8, 4) is 0 Å². The smallest absolute Gasteiger partial charge is 0.317 e. The summed E-state index contributed by atoms with van der Waals surface area (Å²) in [5.41, 5.74) is 3.51. The minimum atomic E-state index is -0.524. The second-order valence-corrected chi connectivity index (χ2v) is 5.68. The van der Waals surface area contributed by atoms with Crippen molar-refractivity contribution in [2.75, 3.05) is 6.54 Å². The molecule has 4 nitrogen and oxygen atoms in total. The Balaban J connectivity index is 2.65. The Morgan fingerprint density at radius 1 is 1.30 bits per heavy atom. The number of urea groups is 1. The minimum absolute atomic E-state index is 0.0590. The average Bonchev–Trinajstić information content (AvgIpc) is 2.34. The van der Waals surface area contributed by atoms with E-state index in [9.17, 15) is 9.90 Å². The maximum atomic E-state index is 12.2. The fraction of sp³-hybridized carbons (Fsp3) is 0.562. The van der Waals surface area contributed by atoms with Gasteiger partial charge in [0.1, 0.15) is 0 Å². The van der Waals surface area contributed by atoms with Gasteiger partial charge in [-0.25, -0.2) is 4.79 Å². The Morgan fingerprint density at radius 2 is 1.95 bits per heavy atom. The van der Waals surface area contributed by atoms with Gasteiger partial charge in [-0.05, 0) is 45.7 Å². The van der Waals surface area contributed by atoms with Gasteiger partial charge in [0, 0.05) is 19.1 Å². The van der Waals surface area contributed by atoms with Crippen LogP contribution in [0.5, 0.6) is 0 Å². The molecule has 0 heterocycles. The molecule has 4 heteroatoms. The number of benzene rings is 1. The van der Waals surface area contributed by atoms with E-state index in [0.717, 1.165) is 5.56 Å². The Morgan fingerprint density at radius 3 is 2.45 bits per heavy atom. The Labute approximate surface area is 121 Å². The summed E-state index contributed by atoms with van der Waals surface area (Å²) >= 11 is 0. The summed E-state index contributed by atoms with van der Waals surface area (Å²) in [4.78, 5) is 13.8. The largest absolute Gasteiger partial charge is 0.392 e. The van der Waals surface area contributed by atoms with Crippen molar-refractivity contribution < 1.29 is 9.90 Å². The van der Waals surface area contributed by atoms with Gasteiger partial charge in [-0.15, -0.1) is 0 Å². The summed E-state index contributed by atoms with van der Waals surface area (Å²) in [6.07, 6.45) is -0.524.